The van der Waals surface area contributed by atoms with Gasteiger partial charge in [0, 0.05) is 13.0 Å². The topological polar surface area (TPSA) is 52.7 Å². The lowest BCUT2D eigenvalue weighted by atomic mass is 9.83. The van der Waals surface area contributed by atoms with E-state index in [1.807, 2.05) is 13.1 Å². The minimum atomic E-state index is -0.336. The van der Waals surface area contributed by atoms with Gasteiger partial charge in [-0.15, -0.1) is 0 Å². The molecule has 2 aromatic carbocycles. The van der Waals surface area contributed by atoms with Crippen LogP contribution in [-0.2, 0) is 19.9 Å². The van der Waals surface area contributed by atoms with E-state index < -0.39 is 0 Å². The summed E-state index contributed by atoms with van der Waals surface area (Å²) < 4.78 is 16.8. The largest absolute Gasteiger partial charge is 0.318 e. The van der Waals surface area contributed by atoms with Crippen LogP contribution in [0.1, 0.15) is 29.3 Å². The first kappa shape index (κ1) is 16.9. The quantitative estimate of drug-likeness (QED) is 0.539. The zero-order chi connectivity index (χ0) is 19.3. The summed E-state index contributed by atoms with van der Waals surface area (Å²) in [5.41, 5.74) is 3.95. The summed E-state index contributed by atoms with van der Waals surface area (Å²) in [5.74, 6) is 0.478. The van der Waals surface area contributed by atoms with Crippen molar-refractivity contribution in [2.45, 2.75) is 25.2 Å². The number of hydrogen-bond acceptors (Lipinski definition) is 3. The van der Waals surface area contributed by atoms with Crippen LogP contribution in [0, 0.1) is 5.82 Å². The molecular formula is C22H19FN4O. The van der Waals surface area contributed by atoms with Crippen molar-refractivity contribution in [2.75, 3.05) is 0 Å². The summed E-state index contributed by atoms with van der Waals surface area (Å²) in [4.78, 5) is 22.4. The van der Waals surface area contributed by atoms with E-state index in [2.05, 4.69) is 23.2 Å². The third kappa shape index (κ3) is 2.64. The summed E-state index contributed by atoms with van der Waals surface area (Å²) >= 11 is 0. The highest BCUT2D eigenvalue weighted by atomic mass is 19.1. The summed E-state index contributed by atoms with van der Waals surface area (Å²) in [6.45, 7) is 0. The van der Waals surface area contributed by atoms with Gasteiger partial charge in [0.2, 0.25) is 0 Å². The van der Waals surface area contributed by atoms with E-state index in [0.29, 0.717) is 22.7 Å². The molecule has 1 unspecified atom stereocenters. The van der Waals surface area contributed by atoms with E-state index in [1.165, 1.54) is 23.3 Å². The van der Waals surface area contributed by atoms with Gasteiger partial charge in [-0.1, -0.05) is 24.3 Å². The van der Waals surface area contributed by atoms with Crippen molar-refractivity contribution in [1.82, 2.24) is 19.1 Å². The zero-order valence-corrected chi connectivity index (χ0v) is 15.5. The first-order valence-electron chi connectivity index (χ1n) is 9.38. The van der Waals surface area contributed by atoms with Crippen LogP contribution >= 0.6 is 0 Å². The number of aryl methyl sites for hydroxylation is 2. The second-order valence-corrected chi connectivity index (χ2v) is 7.32. The van der Waals surface area contributed by atoms with Crippen LogP contribution in [0.15, 0.2) is 59.7 Å². The second-order valence-electron chi connectivity index (χ2n) is 7.32. The minimum Gasteiger partial charge on any atom is -0.318 e. The number of rotatable bonds is 2. The Labute approximate surface area is 161 Å². The molecule has 0 spiro atoms. The molecule has 5 nitrogen and oxygen atoms in total. The van der Waals surface area contributed by atoms with Gasteiger partial charge in [-0.25, -0.2) is 14.4 Å². The Balaban J connectivity index is 1.73. The molecule has 0 fully saturated rings. The van der Waals surface area contributed by atoms with E-state index in [4.69, 9.17) is 4.98 Å². The highest BCUT2D eigenvalue weighted by Crippen LogP contribution is 2.32. The van der Waals surface area contributed by atoms with Crippen molar-refractivity contribution in [1.29, 1.82) is 0 Å². The third-order valence-corrected chi connectivity index (χ3v) is 5.56. The Morgan fingerprint density at radius 1 is 1.07 bits per heavy atom. The first-order chi connectivity index (χ1) is 13.6. The Morgan fingerprint density at radius 2 is 1.82 bits per heavy atom. The molecule has 2 heterocycles. The van der Waals surface area contributed by atoms with Crippen LogP contribution in [0.3, 0.4) is 0 Å². The lowest BCUT2D eigenvalue weighted by Gasteiger charge is -2.26. The number of aromatic nitrogens is 4. The molecule has 0 radical (unpaired) electrons. The van der Waals surface area contributed by atoms with E-state index in [-0.39, 0.29) is 17.3 Å². The molecule has 5 rings (SSSR count). The third-order valence-electron chi connectivity index (χ3n) is 5.56. The molecule has 0 N–H and O–H groups in total. The van der Waals surface area contributed by atoms with Gasteiger partial charge in [0.1, 0.15) is 11.6 Å². The van der Waals surface area contributed by atoms with Gasteiger partial charge >= 0.3 is 0 Å². The Kier molecular flexibility index (Phi) is 3.86. The lowest BCUT2D eigenvalue weighted by Crippen LogP contribution is -2.28. The van der Waals surface area contributed by atoms with Gasteiger partial charge in [-0.2, -0.15) is 0 Å². The van der Waals surface area contributed by atoms with Gasteiger partial charge < -0.3 is 4.57 Å². The molecule has 2 aromatic heterocycles. The second kappa shape index (κ2) is 6.41. The van der Waals surface area contributed by atoms with E-state index in [0.717, 1.165) is 19.3 Å². The molecular weight excluding hydrogens is 355 g/mol. The van der Waals surface area contributed by atoms with Gasteiger partial charge in [0.25, 0.3) is 5.56 Å². The molecule has 0 amide bonds. The van der Waals surface area contributed by atoms with Gasteiger partial charge in [0.05, 0.1) is 12.0 Å². The van der Waals surface area contributed by atoms with Crippen molar-refractivity contribution in [2.24, 2.45) is 7.05 Å². The predicted octanol–water partition coefficient (Wildman–Crippen LogP) is 3.53. The summed E-state index contributed by atoms with van der Waals surface area (Å²) in [6.07, 6.45) is 4.29. The van der Waals surface area contributed by atoms with Crippen LogP contribution in [0.4, 0.5) is 4.39 Å². The number of benzene rings is 2. The van der Waals surface area contributed by atoms with Gasteiger partial charge in [-0.05, 0) is 54.7 Å². The molecule has 0 aliphatic heterocycles. The molecule has 1 aliphatic rings. The van der Waals surface area contributed by atoms with Crippen LogP contribution in [-0.4, -0.2) is 19.1 Å². The molecule has 0 saturated carbocycles. The van der Waals surface area contributed by atoms with Gasteiger partial charge in [0.15, 0.2) is 11.2 Å². The smallest absolute Gasteiger partial charge is 0.286 e. The fourth-order valence-electron chi connectivity index (χ4n) is 4.11. The molecule has 0 saturated heterocycles. The van der Waals surface area contributed by atoms with Crippen molar-refractivity contribution >= 4 is 11.2 Å². The van der Waals surface area contributed by atoms with Crippen LogP contribution in [0.25, 0.3) is 16.9 Å². The number of imidazole rings is 1. The van der Waals surface area contributed by atoms with Crippen LogP contribution in [0.2, 0.25) is 0 Å². The average molecular weight is 374 g/mol. The minimum absolute atomic E-state index is 0.104. The number of halogens is 1. The molecule has 28 heavy (non-hydrogen) atoms. The van der Waals surface area contributed by atoms with E-state index in [1.54, 1.807) is 27.6 Å². The maximum atomic E-state index is 13.5. The Bertz CT molecular complexity index is 1240. The monoisotopic (exact) mass is 374 g/mol. The molecule has 140 valence electrons. The first-order valence-corrected chi connectivity index (χ1v) is 9.38. The lowest BCUT2D eigenvalue weighted by molar-refractivity contribution is 0.539. The fraction of sp³-hybridized carbons (Fsp3) is 0.227. The maximum absolute atomic E-state index is 13.5. The molecule has 0 bridgehead atoms. The van der Waals surface area contributed by atoms with Crippen LogP contribution < -0.4 is 5.56 Å². The van der Waals surface area contributed by atoms with Gasteiger partial charge in [-0.3, -0.25) is 9.36 Å². The van der Waals surface area contributed by atoms with Crippen molar-refractivity contribution < 1.29 is 4.39 Å². The maximum Gasteiger partial charge on any atom is 0.286 e. The van der Waals surface area contributed by atoms with Crippen molar-refractivity contribution in [3.05, 3.63) is 88.0 Å². The summed E-state index contributed by atoms with van der Waals surface area (Å²) in [6, 6.07) is 14.4. The summed E-state index contributed by atoms with van der Waals surface area (Å²) in [5, 5.41) is 0. The van der Waals surface area contributed by atoms with Crippen molar-refractivity contribution in [3.8, 4) is 5.69 Å². The fourth-order valence-corrected chi connectivity index (χ4v) is 4.11. The highest BCUT2D eigenvalue weighted by Gasteiger charge is 2.26. The molecule has 4 aromatic rings. The predicted molar refractivity (Wildman–Crippen MR) is 105 cm³/mol. The molecule has 1 aliphatic carbocycles. The standard InChI is InChI=1S/C22H19FN4O/c1-26-13-24-19-21(26)25-20(16-7-6-14-4-2-3-5-15(14)12-16)27(22(19)28)18-10-8-17(23)9-11-18/h2-5,8-11,13,16H,6-7,12H2,1H3. The Hall–Kier alpha value is -3.28. The number of nitrogens with zero attached hydrogens (tertiary/aromatic N) is 4. The van der Waals surface area contributed by atoms with Crippen molar-refractivity contribution in [3.63, 3.8) is 0 Å². The Morgan fingerprint density at radius 3 is 2.61 bits per heavy atom. The van der Waals surface area contributed by atoms with E-state index in [9.17, 15) is 9.18 Å². The SMILES string of the molecule is Cn1cnc2c(=O)n(-c3ccc(F)cc3)c(C3CCc4ccccc4C3)nc21. The summed E-state index contributed by atoms with van der Waals surface area (Å²) in [7, 11) is 1.84. The molecule has 6 heteroatoms. The highest BCUT2D eigenvalue weighted by molar-refractivity contribution is 5.70. The number of fused-ring (bicyclic) bond motifs is 2. The van der Waals surface area contributed by atoms with E-state index >= 15 is 0 Å². The normalized spacial score (nSPS) is 16.3. The molecule has 1 atom stereocenters. The van der Waals surface area contributed by atoms with Crippen LogP contribution in [0.5, 0.6) is 0 Å². The average Bonchev–Trinajstić information content (AvgIpc) is 3.09. The zero-order valence-electron chi connectivity index (χ0n) is 15.5. The number of hydrogen-bond donors (Lipinski definition) is 0.